The lowest BCUT2D eigenvalue weighted by molar-refractivity contribution is -0.155. The quantitative estimate of drug-likeness (QED) is 0.387. The van der Waals surface area contributed by atoms with Gasteiger partial charge in [0.1, 0.15) is 5.60 Å². The summed E-state index contributed by atoms with van der Waals surface area (Å²) in [5.41, 5.74) is -0.475. The van der Waals surface area contributed by atoms with Crippen molar-refractivity contribution in [2.75, 3.05) is 39.6 Å². The van der Waals surface area contributed by atoms with Crippen LogP contribution in [-0.4, -0.2) is 51.2 Å². The van der Waals surface area contributed by atoms with Gasteiger partial charge in [-0.3, -0.25) is 4.79 Å². The van der Waals surface area contributed by atoms with Crippen LogP contribution in [0.3, 0.4) is 0 Å². The molecule has 0 amide bonds. The van der Waals surface area contributed by atoms with Gasteiger partial charge in [0.25, 0.3) is 0 Å². The highest BCUT2D eigenvalue weighted by Crippen LogP contribution is 2.14. The molecular weight excluding hydrogens is 272 g/mol. The van der Waals surface area contributed by atoms with Gasteiger partial charge in [0, 0.05) is 20.0 Å². The number of ether oxygens (including phenoxy) is 4. The molecule has 0 bridgehead atoms. The van der Waals surface area contributed by atoms with E-state index in [2.05, 4.69) is 13.8 Å². The standard InChI is InChI=1S/C16H32O5/c1-14(2)6-8-18-10-12-20-13-11-19-9-7-16(4,5)21-15(3)17/h14H,6-13H2,1-5H3. The molecule has 0 aromatic heterocycles. The second kappa shape index (κ2) is 12.0. The molecule has 0 saturated heterocycles. The Morgan fingerprint density at radius 2 is 1.38 bits per heavy atom. The summed E-state index contributed by atoms with van der Waals surface area (Å²) in [6, 6.07) is 0. The van der Waals surface area contributed by atoms with Crippen LogP contribution in [0.1, 0.15) is 47.5 Å². The second-order valence-electron chi connectivity index (χ2n) is 6.12. The Labute approximate surface area is 129 Å². The van der Waals surface area contributed by atoms with Gasteiger partial charge in [-0.25, -0.2) is 0 Å². The van der Waals surface area contributed by atoms with Crippen molar-refractivity contribution in [2.24, 2.45) is 5.92 Å². The van der Waals surface area contributed by atoms with Crippen molar-refractivity contribution in [3.05, 3.63) is 0 Å². The summed E-state index contributed by atoms with van der Waals surface area (Å²) in [7, 11) is 0. The SMILES string of the molecule is CC(=O)OC(C)(C)CCOCCOCCOCCC(C)C. The van der Waals surface area contributed by atoms with Crippen molar-refractivity contribution in [3.63, 3.8) is 0 Å². The Hall–Kier alpha value is -0.650. The maximum absolute atomic E-state index is 10.9. The van der Waals surface area contributed by atoms with Crippen LogP contribution in [-0.2, 0) is 23.7 Å². The molecule has 0 aliphatic carbocycles. The van der Waals surface area contributed by atoms with E-state index in [0.29, 0.717) is 45.4 Å². The van der Waals surface area contributed by atoms with Crippen molar-refractivity contribution >= 4 is 5.97 Å². The molecule has 126 valence electrons. The first-order chi connectivity index (χ1) is 9.83. The lowest BCUT2D eigenvalue weighted by Gasteiger charge is -2.24. The van der Waals surface area contributed by atoms with Gasteiger partial charge in [-0.2, -0.15) is 0 Å². The molecule has 0 unspecified atom stereocenters. The zero-order valence-corrected chi connectivity index (χ0v) is 14.3. The molecule has 0 fully saturated rings. The van der Waals surface area contributed by atoms with Gasteiger partial charge in [-0.15, -0.1) is 0 Å². The van der Waals surface area contributed by atoms with Crippen molar-refractivity contribution in [1.29, 1.82) is 0 Å². The molecule has 0 aliphatic rings. The van der Waals surface area contributed by atoms with Gasteiger partial charge in [0.05, 0.1) is 33.0 Å². The van der Waals surface area contributed by atoms with E-state index in [1.54, 1.807) is 0 Å². The Balaban J connectivity index is 3.27. The third kappa shape index (κ3) is 15.6. The van der Waals surface area contributed by atoms with Crippen LogP contribution in [0.5, 0.6) is 0 Å². The van der Waals surface area contributed by atoms with Gasteiger partial charge < -0.3 is 18.9 Å². The second-order valence-corrected chi connectivity index (χ2v) is 6.12. The van der Waals surface area contributed by atoms with Crippen LogP contribution >= 0.6 is 0 Å². The molecule has 0 atom stereocenters. The van der Waals surface area contributed by atoms with Crippen molar-refractivity contribution in [1.82, 2.24) is 0 Å². The fourth-order valence-corrected chi connectivity index (χ4v) is 1.62. The van der Waals surface area contributed by atoms with E-state index in [4.69, 9.17) is 18.9 Å². The zero-order valence-electron chi connectivity index (χ0n) is 14.3. The molecule has 0 spiro atoms. The minimum absolute atomic E-state index is 0.263. The molecule has 0 aromatic carbocycles. The van der Waals surface area contributed by atoms with E-state index in [1.165, 1.54) is 6.92 Å². The summed E-state index contributed by atoms with van der Waals surface area (Å²) >= 11 is 0. The van der Waals surface area contributed by atoms with Gasteiger partial charge >= 0.3 is 5.97 Å². The minimum atomic E-state index is -0.475. The number of hydrogen-bond acceptors (Lipinski definition) is 5. The normalized spacial score (nSPS) is 11.9. The largest absolute Gasteiger partial charge is 0.460 e. The summed E-state index contributed by atoms with van der Waals surface area (Å²) in [6.45, 7) is 13.2. The maximum atomic E-state index is 10.9. The minimum Gasteiger partial charge on any atom is -0.460 e. The van der Waals surface area contributed by atoms with Gasteiger partial charge in [-0.05, 0) is 26.2 Å². The number of hydrogen-bond donors (Lipinski definition) is 0. The average Bonchev–Trinajstić information content (AvgIpc) is 2.33. The highest BCUT2D eigenvalue weighted by molar-refractivity contribution is 5.66. The van der Waals surface area contributed by atoms with Crippen LogP contribution in [0.4, 0.5) is 0 Å². The first-order valence-electron chi connectivity index (χ1n) is 7.76. The summed E-state index contributed by atoms with van der Waals surface area (Å²) in [5, 5.41) is 0. The molecule has 0 N–H and O–H groups in total. The van der Waals surface area contributed by atoms with E-state index in [0.717, 1.165) is 13.0 Å². The lowest BCUT2D eigenvalue weighted by atomic mass is 10.1. The lowest BCUT2D eigenvalue weighted by Crippen LogP contribution is -2.28. The van der Waals surface area contributed by atoms with Crippen LogP contribution in [0.2, 0.25) is 0 Å². The van der Waals surface area contributed by atoms with E-state index < -0.39 is 5.60 Å². The smallest absolute Gasteiger partial charge is 0.303 e. The van der Waals surface area contributed by atoms with E-state index in [9.17, 15) is 4.79 Å². The van der Waals surface area contributed by atoms with Gasteiger partial charge in [0.15, 0.2) is 0 Å². The monoisotopic (exact) mass is 304 g/mol. The Bertz CT molecular complexity index is 263. The topological polar surface area (TPSA) is 54.0 Å². The van der Waals surface area contributed by atoms with Crippen LogP contribution in [0.15, 0.2) is 0 Å². The number of rotatable bonds is 13. The number of carbonyl (C=O) groups excluding carboxylic acids is 1. The number of carbonyl (C=O) groups is 1. The average molecular weight is 304 g/mol. The zero-order chi connectivity index (χ0) is 16.1. The fourth-order valence-electron chi connectivity index (χ4n) is 1.62. The molecule has 0 radical (unpaired) electrons. The predicted octanol–water partition coefficient (Wildman–Crippen LogP) is 2.81. The third-order valence-corrected chi connectivity index (χ3v) is 2.85. The summed E-state index contributed by atoms with van der Waals surface area (Å²) in [5.74, 6) is 0.413. The van der Waals surface area contributed by atoms with Crippen molar-refractivity contribution in [3.8, 4) is 0 Å². The molecule has 0 aromatic rings. The summed E-state index contributed by atoms with van der Waals surface area (Å²) in [6.07, 6.45) is 1.76. The first-order valence-corrected chi connectivity index (χ1v) is 7.76. The van der Waals surface area contributed by atoms with Crippen LogP contribution in [0.25, 0.3) is 0 Å². The van der Waals surface area contributed by atoms with E-state index in [-0.39, 0.29) is 5.97 Å². The fraction of sp³-hybridized carbons (Fsp3) is 0.938. The van der Waals surface area contributed by atoms with Crippen LogP contribution < -0.4 is 0 Å². The third-order valence-electron chi connectivity index (χ3n) is 2.85. The van der Waals surface area contributed by atoms with Crippen molar-refractivity contribution < 1.29 is 23.7 Å². The Morgan fingerprint density at radius 3 is 1.86 bits per heavy atom. The molecule has 0 rings (SSSR count). The molecular formula is C16H32O5. The Kier molecular flexibility index (Phi) is 11.6. The van der Waals surface area contributed by atoms with Crippen LogP contribution in [0, 0.1) is 5.92 Å². The van der Waals surface area contributed by atoms with E-state index in [1.807, 2.05) is 13.8 Å². The molecule has 5 heteroatoms. The first kappa shape index (κ1) is 20.3. The molecule has 0 saturated carbocycles. The molecule has 5 nitrogen and oxygen atoms in total. The summed E-state index contributed by atoms with van der Waals surface area (Å²) < 4.78 is 21.5. The Morgan fingerprint density at radius 1 is 0.905 bits per heavy atom. The highest BCUT2D eigenvalue weighted by Gasteiger charge is 2.20. The maximum Gasteiger partial charge on any atom is 0.303 e. The van der Waals surface area contributed by atoms with E-state index >= 15 is 0 Å². The molecule has 21 heavy (non-hydrogen) atoms. The molecule has 0 aliphatic heterocycles. The van der Waals surface area contributed by atoms with Gasteiger partial charge in [0.2, 0.25) is 0 Å². The highest BCUT2D eigenvalue weighted by atomic mass is 16.6. The van der Waals surface area contributed by atoms with Crippen molar-refractivity contribution in [2.45, 2.75) is 53.1 Å². The number of esters is 1. The molecule has 0 heterocycles. The summed E-state index contributed by atoms with van der Waals surface area (Å²) in [4.78, 5) is 10.9. The predicted molar refractivity (Wildman–Crippen MR) is 82.4 cm³/mol. The van der Waals surface area contributed by atoms with Gasteiger partial charge in [-0.1, -0.05) is 13.8 Å².